The van der Waals surface area contributed by atoms with E-state index >= 15 is 0 Å². The topological polar surface area (TPSA) is 78.0 Å². The number of benzene rings is 1. The summed E-state index contributed by atoms with van der Waals surface area (Å²) >= 11 is 0. The minimum Gasteiger partial charge on any atom is -0.299 e. The predicted octanol–water partition coefficient (Wildman–Crippen LogP) is 1.41. The average Bonchev–Trinajstić information content (AvgIpc) is 3.46. The third kappa shape index (κ3) is 3.77. The smallest absolute Gasteiger partial charge is 0.236 e. The standard InChI is InChI=1S/C23H27N3O4S/c27-22-20-18-6-7-19(16-18)21(20)23(28)26(22)14-11-24-9-12-25(13-10-24)31(29,30)15-8-17-4-2-1-3-5-17/h1-8,15,18-21H,9-14,16H2/b15-8+/t18-,19-,20-,21+/m1/s1. The minimum absolute atomic E-state index is 0.0147. The summed E-state index contributed by atoms with van der Waals surface area (Å²) < 4.78 is 26.7. The minimum atomic E-state index is -3.47. The van der Waals surface area contributed by atoms with Crippen molar-refractivity contribution in [3.05, 3.63) is 53.5 Å². The lowest BCUT2D eigenvalue weighted by molar-refractivity contribution is -0.140. The van der Waals surface area contributed by atoms with Crippen LogP contribution in [-0.4, -0.2) is 73.6 Å². The zero-order valence-electron chi connectivity index (χ0n) is 17.3. The van der Waals surface area contributed by atoms with Gasteiger partial charge in [0.25, 0.3) is 0 Å². The number of hydrogen-bond acceptors (Lipinski definition) is 5. The number of sulfonamides is 1. The molecule has 0 radical (unpaired) electrons. The van der Waals surface area contributed by atoms with Crippen LogP contribution in [0.4, 0.5) is 0 Å². The Morgan fingerprint density at radius 2 is 1.48 bits per heavy atom. The fraction of sp³-hybridized carbons (Fsp3) is 0.478. The van der Waals surface area contributed by atoms with E-state index in [1.807, 2.05) is 30.3 Å². The molecule has 1 aromatic rings. The van der Waals surface area contributed by atoms with Gasteiger partial charge in [-0.2, -0.15) is 4.31 Å². The molecule has 31 heavy (non-hydrogen) atoms. The molecule has 1 aromatic carbocycles. The molecule has 2 amide bonds. The van der Waals surface area contributed by atoms with E-state index < -0.39 is 10.0 Å². The Bertz CT molecular complexity index is 998. The van der Waals surface area contributed by atoms with E-state index in [1.54, 1.807) is 6.08 Å². The number of likely N-dealkylation sites (tertiary alicyclic amines) is 1. The number of carbonyl (C=O) groups is 2. The van der Waals surface area contributed by atoms with E-state index in [0.717, 1.165) is 12.0 Å². The maximum Gasteiger partial charge on any atom is 0.236 e. The molecule has 4 atom stereocenters. The van der Waals surface area contributed by atoms with Crippen LogP contribution >= 0.6 is 0 Å². The van der Waals surface area contributed by atoms with Crippen molar-refractivity contribution in [3.8, 4) is 0 Å². The first-order valence-corrected chi connectivity index (χ1v) is 12.4. The van der Waals surface area contributed by atoms with Crippen LogP contribution in [0.25, 0.3) is 6.08 Å². The van der Waals surface area contributed by atoms with E-state index in [-0.39, 0.29) is 35.5 Å². The van der Waals surface area contributed by atoms with E-state index in [9.17, 15) is 18.0 Å². The first kappa shape index (κ1) is 20.6. The van der Waals surface area contributed by atoms with Crippen LogP contribution in [0.1, 0.15) is 12.0 Å². The van der Waals surface area contributed by atoms with Gasteiger partial charge in [-0.15, -0.1) is 0 Å². The molecule has 7 nitrogen and oxygen atoms in total. The summed E-state index contributed by atoms with van der Waals surface area (Å²) in [6, 6.07) is 9.35. The lowest BCUT2D eigenvalue weighted by Gasteiger charge is -2.34. The molecule has 4 aliphatic rings. The zero-order chi connectivity index (χ0) is 21.6. The molecule has 2 bridgehead atoms. The Labute approximate surface area is 183 Å². The van der Waals surface area contributed by atoms with Crippen LogP contribution in [0.2, 0.25) is 0 Å². The normalized spacial score (nSPS) is 31.3. The quantitative estimate of drug-likeness (QED) is 0.493. The maximum absolute atomic E-state index is 12.8. The maximum atomic E-state index is 12.8. The molecule has 2 aliphatic carbocycles. The van der Waals surface area contributed by atoms with Gasteiger partial charge in [-0.05, 0) is 29.9 Å². The van der Waals surface area contributed by atoms with Gasteiger partial charge in [0.05, 0.1) is 11.8 Å². The van der Waals surface area contributed by atoms with E-state index in [4.69, 9.17) is 0 Å². The number of hydrogen-bond donors (Lipinski definition) is 0. The molecule has 2 heterocycles. The number of carbonyl (C=O) groups excluding carboxylic acids is 2. The highest BCUT2D eigenvalue weighted by molar-refractivity contribution is 7.92. The second-order valence-electron chi connectivity index (χ2n) is 8.83. The fourth-order valence-corrected chi connectivity index (χ4v) is 6.62. The van der Waals surface area contributed by atoms with Gasteiger partial charge >= 0.3 is 0 Å². The highest BCUT2D eigenvalue weighted by Gasteiger charge is 2.59. The van der Waals surface area contributed by atoms with Crippen LogP contribution in [0, 0.1) is 23.7 Å². The van der Waals surface area contributed by atoms with Gasteiger partial charge in [-0.25, -0.2) is 8.42 Å². The number of amides is 2. The number of rotatable bonds is 6. The van der Waals surface area contributed by atoms with E-state index in [0.29, 0.717) is 39.3 Å². The van der Waals surface area contributed by atoms with Crippen LogP contribution in [0.5, 0.6) is 0 Å². The second-order valence-corrected chi connectivity index (χ2v) is 10.6. The Morgan fingerprint density at radius 3 is 2.10 bits per heavy atom. The fourth-order valence-electron chi connectivity index (χ4n) is 5.45. The Balaban J connectivity index is 1.13. The van der Waals surface area contributed by atoms with Crippen molar-refractivity contribution in [2.45, 2.75) is 6.42 Å². The van der Waals surface area contributed by atoms with Crippen molar-refractivity contribution < 1.29 is 18.0 Å². The molecule has 0 N–H and O–H groups in total. The summed E-state index contributed by atoms with van der Waals surface area (Å²) in [7, 11) is -3.47. The van der Waals surface area contributed by atoms with Crippen LogP contribution < -0.4 is 0 Å². The molecule has 2 aliphatic heterocycles. The molecular formula is C23H27N3O4S. The average molecular weight is 442 g/mol. The highest BCUT2D eigenvalue weighted by Crippen LogP contribution is 2.52. The number of nitrogens with zero attached hydrogens (tertiary/aromatic N) is 3. The van der Waals surface area contributed by atoms with Crippen molar-refractivity contribution in [1.82, 2.24) is 14.1 Å². The van der Waals surface area contributed by atoms with Crippen molar-refractivity contribution in [3.63, 3.8) is 0 Å². The van der Waals surface area contributed by atoms with Crippen molar-refractivity contribution >= 4 is 27.9 Å². The van der Waals surface area contributed by atoms with Crippen molar-refractivity contribution in [2.24, 2.45) is 23.7 Å². The summed E-state index contributed by atoms with van der Waals surface area (Å²) in [5.74, 6) is 0.128. The highest BCUT2D eigenvalue weighted by atomic mass is 32.2. The predicted molar refractivity (Wildman–Crippen MR) is 117 cm³/mol. The van der Waals surface area contributed by atoms with Crippen LogP contribution in [0.15, 0.2) is 47.9 Å². The number of allylic oxidation sites excluding steroid dienone is 2. The van der Waals surface area contributed by atoms with Crippen LogP contribution in [-0.2, 0) is 19.6 Å². The van der Waals surface area contributed by atoms with Gasteiger partial charge in [-0.1, -0.05) is 42.5 Å². The van der Waals surface area contributed by atoms with Crippen molar-refractivity contribution in [1.29, 1.82) is 0 Å². The lowest BCUT2D eigenvalue weighted by atomic mass is 9.85. The summed E-state index contributed by atoms with van der Waals surface area (Å²) in [4.78, 5) is 29.2. The third-order valence-electron chi connectivity index (χ3n) is 7.12. The van der Waals surface area contributed by atoms with Crippen LogP contribution in [0.3, 0.4) is 0 Å². The summed E-state index contributed by atoms with van der Waals surface area (Å²) in [6.45, 7) is 2.98. The molecule has 0 aromatic heterocycles. The Morgan fingerprint density at radius 1 is 0.871 bits per heavy atom. The molecular weight excluding hydrogens is 414 g/mol. The Kier molecular flexibility index (Phi) is 5.32. The number of piperazine rings is 1. The van der Waals surface area contributed by atoms with Gasteiger partial charge in [0, 0.05) is 44.7 Å². The molecule has 2 saturated heterocycles. The summed E-state index contributed by atoms with van der Waals surface area (Å²) in [5.41, 5.74) is 0.845. The molecule has 3 fully saturated rings. The largest absolute Gasteiger partial charge is 0.299 e. The molecule has 8 heteroatoms. The monoisotopic (exact) mass is 441 g/mol. The van der Waals surface area contributed by atoms with Gasteiger partial charge in [0.15, 0.2) is 0 Å². The lowest BCUT2D eigenvalue weighted by Crippen LogP contribution is -2.50. The molecule has 0 unspecified atom stereocenters. The van der Waals surface area contributed by atoms with E-state index in [2.05, 4.69) is 17.1 Å². The number of fused-ring (bicyclic) bond motifs is 5. The van der Waals surface area contributed by atoms with Gasteiger partial charge in [0.2, 0.25) is 21.8 Å². The van der Waals surface area contributed by atoms with Crippen molar-refractivity contribution in [2.75, 3.05) is 39.3 Å². The zero-order valence-corrected chi connectivity index (χ0v) is 18.2. The number of imide groups is 1. The molecule has 0 spiro atoms. The first-order chi connectivity index (χ1) is 14.9. The second kappa shape index (κ2) is 8.00. The SMILES string of the molecule is O=C1[C@@H]2[C@H](C(=O)N1CCN1CCN(S(=O)(=O)/C=C/c3ccccc3)CC1)[C@@H]1C=C[C@@H]2C1. The Hall–Kier alpha value is -2.29. The van der Waals surface area contributed by atoms with Gasteiger partial charge in [0.1, 0.15) is 0 Å². The molecule has 164 valence electrons. The van der Waals surface area contributed by atoms with Gasteiger partial charge < -0.3 is 0 Å². The molecule has 5 rings (SSSR count). The summed E-state index contributed by atoms with van der Waals surface area (Å²) in [5, 5.41) is 1.26. The van der Waals surface area contributed by atoms with E-state index in [1.165, 1.54) is 14.6 Å². The third-order valence-corrected chi connectivity index (χ3v) is 8.69. The first-order valence-electron chi connectivity index (χ1n) is 10.9. The molecule has 1 saturated carbocycles. The van der Waals surface area contributed by atoms with Gasteiger partial charge in [-0.3, -0.25) is 19.4 Å². The summed E-state index contributed by atoms with van der Waals surface area (Å²) in [6.07, 6.45) is 6.76.